The summed E-state index contributed by atoms with van der Waals surface area (Å²) in [6, 6.07) is 5.31. The summed E-state index contributed by atoms with van der Waals surface area (Å²) in [6.07, 6.45) is 0. The van der Waals surface area contributed by atoms with Crippen LogP contribution < -0.4 is 9.64 Å². The summed E-state index contributed by atoms with van der Waals surface area (Å²) in [5.74, 6) is 0.469. The first kappa shape index (κ1) is 16.4. The van der Waals surface area contributed by atoms with E-state index in [1.165, 1.54) is 7.11 Å². The Morgan fingerprint density at radius 3 is 2.55 bits per heavy atom. The molecule has 0 amide bonds. The summed E-state index contributed by atoms with van der Waals surface area (Å²) in [5.41, 5.74) is 1.25. The van der Waals surface area contributed by atoms with Gasteiger partial charge in [-0.15, -0.1) is 4.91 Å². The monoisotopic (exact) mass is 282 g/mol. The molecule has 1 aromatic carbocycles. The fourth-order valence-corrected chi connectivity index (χ4v) is 1.83. The van der Waals surface area contributed by atoms with Gasteiger partial charge in [0.15, 0.2) is 0 Å². The Morgan fingerprint density at radius 1 is 1.20 bits per heavy atom. The number of methoxy groups -OCH3 is 2. The summed E-state index contributed by atoms with van der Waals surface area (Å²) < 4.78 is 15.7. The van der Waals surface area contributed by atoms with Crippen molar-refractivity contribution in [2.45, 2.75) is 6.92 Å². The predicted molar refractivity (Wildman–Crippen MR) is 79.0 cm³/mol. The van der Waals surface area contributed by atoms with Crippen LogP contribution in [0.1, 0.15) is 6.92 Å². The lowest BCUT2D eigenvalue weighted by Gasteiger charge is -2.25. The van der Waals surface area contributed by atoms with Crippen LogP contribution in [0.5, 0.6) is 5.75 Å². The van der Waals surface area contributed by atoms with E-state index in [0.717, 1.165) is 18.8 Å². The van der Waals surface area contributed by atoms with Gasteiger partial charge in [-0.25, -0.2) is 0 Å². The summed E-state index contributed by atoms with van der Waals surface area (Å²) in [5, 5.41) is 2.94. The van der Waals surface area contributed by atoms with Crippen LogP contribution in [0.3, 0.4) is 0 Å². The molecule has 0 unspecified atom stereocenters. The van der Waals surface area contributed by atoms with Gasteiger partial charge in [0.25, 0.3) is 0 Å². The number of ether oxygens (including phenoxy) is 3. The average molecular weight is 282 g/mol. The molecule has 0 spiro atoms. The third-order valence-electron chi connectivity index (χ3n) is 2.90. The zero-order valence-corrected chi connectivity index (χ0v) is 12.3. The summed E-state index contributed by atoms with van der Waals surface area (Å²) in [7, 11) is 3.19. The van der Waals surface area contributed by atoms with Crippen molar-refractivity contribution >= 4 is 11.4 Å². The Kier molecular flexibility index (Phi) is 7.60. The molecule has 6 nitrogen and oxygen atoms in total. The molecule has 0 aliphatic heterocycles. The van der Waals surface area contributed by atoms with Crippen LogP contribution in [0.4, 0.5) is 11.4 Å². The van der Waals surface area contributed by atoms with E-state index in [1.54, 1.807) is 19.2 Å². The van der Waals surface area contributed by atoms with E-state index in [4.69, 9.17) is 14.2 Å². The first-order valence-corrected chi connectivity index (χ1v) is 6.59. The Labute approximate surface area is 119 Å². The number of nitrogens with zero attached hydrogens (tertiary/aromatic N) is 2. The minimum Gasteiger partial charge on any atom is -0.494 e. The van der Waals surface area contributed by atoms with Crippen LogP contribution in [0, 0.1) is 4.91 Å². The third kappa shape index (κ3) is 4.79. The van der Waals surface area contributed by atoms with E-state index in [2.05, 4.69) is 10.1 Å². The molecule has 0 aliphatic rings. The van der Waals surface area contributed by atoms with Crippen LogP contribution in [0.15, 0.2) is 23.4 Å². The van der Waals surface area contributed by atoms with E-state index in [-0.39, 0.29) is 0 Å². The van der Waals surface area contributed by atoms with Gasteiger partial charge in [0.2, 0.25) is 0 Å². The van der Waals surface area contributed by atoms with Crippen molar-refractivity contribution in [1.82, 2.24) is 0 Å². The van der Waals surface area contributed by atoms with Crippen molar-refractivity contribution in [3.63, 3.8) is 0 Å². The Bertz CT molecular complexity index is 412. The summed E-state index contributed by atoms with van der Waals surface area (Å²) in [4.78, 5) is 12.8. The standard InChI is InChI=1S/C14H22N2O4/c1-4-20-10-8-16(7-9-18-2)12-5-6-13(15-17)14(11-12)19-3/h5-6,11H,4,7-10H2,1-3H3. The van der Waals surface area contributed by atoms with Gasteiger partial charge >= 0.3 is 0 Å². The van der Waals surface area contributed by atoms with Crippen LogP contribution >= 0.6 is 0 Å². The summed E-state index contributed by atoms with van der Waals surface area (Å²) >= 11 is 0. The van der Waals surface area contributed by atoms with E-state index < -0.39 is 0 Å². The van der Waals surface area contributed by atoms with Gasteiger partial charge < -0.3 is 19.1 Å². The zero-order valence-electron chi connectivity index (χ0n) is 12.3. The highest BCUT2D eigenvalue weighted by Gasteiger charge is 2.10. The minimum absolute atomic E-state index is 0.299. The Balaban J connectivity index is 2.84. The maximum absolute atomic E-state index is 10.7. The normalized spacial score (nSPS) is 10.3. The highest BCUT2D eigenvalue weighted by molar-refractivity contribution is 5.61. The van der Waals surface area contributed by atoms with Gasteiger partial charge in [-0.05, 0) is 24.2 Å². The highest BCUT2D eigenvalue weighted by Crippen LogP contribution is 2.31. The molecule has 0 N–H and O–H groups in total. The maximum atomic E-state index is 10.7. The first-order chi connectivity index (χ1) is 9.76. The van der Waals surface area contributed by atoms with Gasteiger partial charge in [-0.1, -0.05) is 0 Å². The molecule has 0 saturated heterocycles. The van der Waals surface area contributed by atoms with Crippen molar-refractivity contribution in [1.29, 1.82) is 0 Å². The lowest BCUT2D eigenvalue weighted by Crippen LogP contribution is -2.30. The fourth-order valence-electron chi connectivity index (χ4n) is 1.83. The van der Waals surface area contributed by atoms with E-state index in [0.29, 0.717) is 31.3 Å². The second-order valence-corrected chi connectivity index (χ2v) is 4.12. The van der Waals surface area contributed by atoms with E-state index in [1.807, 2.05) is 13.0 Å². The number of hydrogen-bond acceptors (Lipinski definition) is 6. The number of hydrogen-bond donors (Lipinski definition) is 0. The summed E-state index contributed by atoms with van der Waals surface area (Å²) in [6.45, 7) is 5.38. The number of nitroso groups, excluding NO2 is 1. The molecule has 1 rings (SSSR count). The van der Waals surface area contributed by atoms with Gasteiger partial charge in [0.1, 0.15) is 11.4 Å². The molecule has 0 aromatic heterocycles. The predicted octanol–water partition coefficient (Wildman–Crippen LogP) is 2.58. The number of anilines is 1. The quantitative estimate of drug-likeness (QED) is 0.487. The highest BCUT2D eigenvalue weighted by atomic mass is 16.5. The van der Waals surface area contributed by atoms with Crippen LogP contribution in [0.25, 0.3) is 0 Å². The Hall–Kier alpha value is -1.66. The van der Waals surface area contributed by atoms with Gasteiger partial charge in [-0.3, -0.25) is 0 Å². The second-order valence-electron chi connectivity index (χ2n) is 4.12. The van der Waals surface area contributed by atoms with Gasteiger partial charge in [0.05, 0.1) is 20.3 Å². The third-order valence-corrected chi connectivity index (χ3v) is 2.90. The molecule has 0 heterocycles. The lowest BCUT2D eigenvalue weighted by atomic mass is 10.2. The van der Waals surface area contributed by atoms with Gasteiger partial charge in [-0.2, -0.15) is 0 Å². The lowest BCUT2D eigenvalue weighted by molar-refractivity contribution is 0.151. The van der Waals surface area contributed by atoms with Crippen molar-refractivity contribution in [3.8, 4) is 5.75 Å². The molecule has 0 fully saturated rings. The van der Waals surface area contributed by atoms with Crippen LogP contribution in [0.2, 0.25) is 0 Å². The maximum Gasteiger partial charge on any atom is 0.150 e. The largest absolute Gasteiger partial charge is 0.494 e. The topological polar surface area (TPSA) is 60.4 Å². The zero-order chi connectivity index (χ0) is 14.8. The Morgan fingerprint density at radius 2 is 1.95 bits per heavy atom. The molecular weight excluding hydrogens is 260 g/mol. The molecule has 0 aliphatic carbocycles. The van der Waals surface area contributed by atoms with E-state index >= 15 is 0 Å². The van der Waals surface area contributed by atoms with Crippen LogP contribution in [-0.4, -0.2) is 47.1 Å². The van der Waals surface area contributed by atoms with Crippen molar-refractivity contribution < 1.29 is 14.2 Å². The molecular formula is C14H22N2O4. The van der Waals surface area contributed by atoms with Crippen molar-refractivity contribution in [3.05, 3.63) is 23.1 Å². The molecule has 0 saturated carbocycles. The molecule has 112 valence electrons. The number of benzene rings is 1. The molecule has 0 radical (unpaired) electrons. The number of rotatable bonds is 10. The molecule has 6 heteroatoms. The minimum atomic E-state index is 0.299. The van der Waals surface area contributed by atoms with E-state index in [9.17, 15) is 4.91 Å². The molecule has 0 bridgehead atoms. The first-order valence-electron chi connectivity index (χ1n) is 6.59. The SMILES string of the molecule is CCOCCN(CCOC)c1ccc(N=O)c(OC)c1. The van der Waals surface area contributed by atoms with Crippen molar-refractivity contribution in [2.75, 3.05) is 52.0 Å². The molecule has 20 heavy (non-hydrogen) atoms. The average Bonchev–Trinajstić information content (AvgIpc) is 2.50. The second kappa shape index (κ2) is 9.28. The fraction of sp³-hybridized carbons (Fsp3) is 0.571. The van der Waals surface area contributed by atoms with Gasteiger partial charge in [0, 0.05) is 38.6 Å². The smallest absolute Gasteiger partial charge is 0.150 e. The van der Waals surface area contributed by atoms with Crippen molar-refractivity contribution in [2.24, 2.45) is 5.18 Å². The van der Waals surface area contributed by atoms with Crippen LogP contribution in [-0.2, 0) is 9.47 Å². The molecule has 1 aromatic rings. The molecule has 0 atom stereocenters.